The standard InChI is InChI=1S/C15H23NO2.C2H5NO2/c1-5-11(3)13-9-7-8-10-14(13)16-12(4)15(17)18-6-2;3-1-2(4)5/h7-12,16H,5-6H2,1-4H3;1,3H2,(H,4,5)/t11?,12-;/m0./s1. The molecule has 1 rings (SSSR count). The van der Waals surface area contributed by atoms with Gasteiger partial charge in [-0.2, -0.15) is 0 Å². The smallest absolute Gasteiger partial charge is 0.328 e. The Morgan fingerprint density at radius 3 is 2.30 bits per heavy atom. The minimum absolute atomic E-state index is 0.212. The average molecular weight is 324 g/mol. The van der Waals surface area contributed by atoms with Crippen LogP contribution < -0.4 is 11.1 Å². The molecule has 0 aliphatic heterocycles. The largest absolute Gasteiger partial charge is 0.480 e. The van der Waals surface area contributed by atoms with Gasteiger partial charge in [-0.3, -0.25) is 4.79 Å². The van der Waals surface area contributed by atoms with Gasteiger partial charge in [-0.15, -0.1) is 0 Å². The van der Waals surface area contributed by atoms with E-state index < -0.39 is 5.97 Å². The van der Waals surface area contributed by atoms with Gasteiger partial charge in [0.25, 0.3) is 0 Å². The molecular weight excluding hydrogens is 296 g/mol. The topological polar surface area (TPSA) is 102 Å². The summed E-state index contributed by atoms with van der Waals surface area (Å²) in [6.45, 7) is 8.13. The Morgan fingerprint density at radius 1 is 1.26 bits per heavy atom. The van der Waals surface area contributed by atoms with Gasteiger partial charge in [0.05, 0.1) is 13.2 Å². The van der Waals surface area contributed by atoms with Crippen molar-refractivity contribution in [3.8, 4) is 0 Å². The lowest BCUT2D eigenvalue weighted by Gasteiger charge is -2.19. The quantitative estimate of drug-likeness (QED) is 0.666. The summed E-state index contributed by atoms with van der Waals surface area (Å²) in [6, 6.07) is 7.80. The normalized spacial score (nSPS) is 12.4. The highest BCUT2D eigenvalue weighted by Gasteiger charge is 2.16. The zero-order chi connectivity index (χ0) is 17.8. The Bertz CT molecular complexity index is 491. The Morgan fingerprint density at radius 2 is 1.83 bits per heavy atom. The fourth-order valence-corrected chi connectivity index (χ4v) is 1.84. The van der Waals surface area contributed by atoms with Gasteiger partial charge in [-0.25, -0.2) is 4.79 Å². The van der Waals surface area contributed by atoms with Crippen molar-refractivity contribution in [3.05, 3.63) is 29.8 Å². The highest BCUT2D eigenvalue weighted by Crippen LogP contribution is 2.26. The van der Waals surface area contributed by atoms with Gasteiger partial charge in [0.15, 0.2) is 0 Å². The number of aliphatic carboxylic acids is 1. The molecule has 0 aliphatic carbocycles. The predicted octanol–water partition coefficient (Wildman–Crippen LogP) is 2.59. The molecule has 0 saturated heterocycles. The summed E-state index contributed by atoms with van der Waals surface area (Å²) in [5.41, 5.74) is 6.84. The van der Waals surface area contributed by atoms with Crippen LogP contribution in [0.25, 0.3) is 0 Å². The monoisotopic (exact) mass is 324 g/mol. The molecule has 6 nitrogen and oxygen atoms in total. The molecule has 0 amide bonds. The highest BCUT2D eigenvalue weighted by atomic mass is 16.5. The van der Waals surface area contributed by atoms with Gasteiger partial charge in [0.1, 0.15) is 6.04 Å². The van der Waals surface area contributed by atoms with Crippen molar-refractivity contribution in [3.63, 3.8) is 0 Å². The van der Waals surface area contributed by atoms with Crippen LogP contribution in [0.3, 0.4) is 0 Å². The Kier molecular flexibility index (Phi) is 10.4. The van der Waals surface area contributed by atoms with E-state index in [9.17, 15) is 9.59 Å². The number of hydrogen-bond donors (Lipinski definition) is 3. The highest BCUT2D eigenvalue weighted by molar-refractivity contribution is 5.79. The molecule has 1 unspecified atom stereocenters. The van der Waals surface area contributed by atoms with Gasteiger partial charge < -0.3 is 20.9 Å². The molecule has 4 N–H and O–H groups in total. The van der Waals surface area contributed by atoms with E-state index in [0.717, 1.165) is 12.1 Å². The van der Waals surface area contributed by atoms with Crippen LogP contribution in [-0.4, -0.2) is 36.2 Å². The molecule has 0 aromatic heterocycles. The van der Waals surface area contributed by atoms with Crippen molar-refractivity contribution >= 4 is 17.6 Å². The molecule has 0 aliphatic rings. The molecule has 0 bridgehead atoms. The second-order valence-corrected chi connectivity index (χ2v) is 5.11. The molecule has 0 saturated carbocycles. The molecule has 0 radical (unpaired) electrons. The molecule has 1 aromatic rings. The first-order valence-corrected chi connectivity index (χ1v) is 7.81. The van der Waals surface area contributed by atoms with E-state index in [1.54, 1.807) is 0 Å². The van der Waals surface area contributed by atoms with Crippen LogP contribution in [0.1, 0.15) is 45.6 Å². The summed E-state index contributed by atoms with van der Waals surface area (Å²) in [7, 11) is 0. The van der Waals surface area contributed by atoms with Crippen molar-refractivity contribution < 1.29 is 19.4 Å². The fraction of sp³-hybridized carbons (Fsp3) is 0.529. The van der Waals surface area contributed by atoms with E-state index in [-0.39, 0.29) is 18.6 Å². The number of ether oxygens (including phenoxy) is 1. The first-order valence-electron chi connectivity index (χ1n) is 7.81. The molecule has 0 heterocycles. The summed E-state index contributed by atoms with van der Waals surface area (Å²) < 4.78 is 5.00. The summed E-state index contributed by atoms with van der Waals surface area (Å²) >= 11 is 0. The number of nitrogens with one attached hydrogen (secondary N) is 1. The van der Waals surface area contributed by atoms with E-state index >= 15 is 0 Å². The van der Waals surface area contributed by atoms with Crippen LogP contribution in [0.2, 0.25) is 0 Å². The van der Waals surface area contributed by atoms with Gasteiger partial charge >= 0.3 is 11.9 Å². The first kappa shape index (κ1) is 20.9. The lowest BCUT2D eigenvalue weighted by molar-refractivity contribution is -0.143. The molecular formula is C17H28N2O4. The van der Waals surface area contributed by atoms with Gasteiger partial charge in [0, 0.05) is 5.69 Å². The maximum atomic E-state index is 11.6. The van der Waals surface area contributed by atoms with Crippen LogP contribution in [0.4, 0.5) is 5.69 Å². The Balaban J connectivity index is 0.000000841. The number of nitrogens with two attached hydrogens (primary N) is 1. The van der Waals surface area contributed by atoms with Crippen LogP contribution >= 0.6 is 0 Å². The second kappa shape index (κ2) is 11.5. The summed E-state index contributed by atoms with van der Waals surface area (Å²) in [5, 5.41) is 10.8. The van der Waals surface area contributed by atoms with Crippen LogP contribution in [0, 0.1) is 0 Å². The maximum Gasteiger partial charge on any atom is 0.328 e. The average Bonchev–Trinajstić information content (AvgIpc) is 2.55. The number of carbonyl (C=O) groups is 2. The zero-order valence-corrected chi connectivity index (χ0v) is 14.3. The lowest BCUT2D eigenvalue weighted by Crippen LogP contribution is -2.28. The number of esters is 1. The molecule has 130 valence electrons. The third-order valence-electron chi connectivity index (χ3n) is 3.29. The van der Waals surface area contributed by atoms with E-state index in [1.165, 1.54) is 5.56 Å². The van der Waals surface area contributed by atoms with E-state index in [0.29, 0.717) is 12.5 Å². The maximum absolute atomic E-state index is 11.6. The van der Waals surface area contributed by atoms with Crippen molar-refractivity contribution in [2.75, 3.05) is 18.5 Å². The second-order valence-electron chi connectivity index (χ2n) is 5.11. The molecule has 2 atom stereocenters. The van der Waals surface area contributed by atoms with Gasteiger partial charge in [-0.05, 0) is 37.8 Å². The van der Waals surface area contributed by atoms with Crippen molar-refractivity contribution in [2.24, 2.45) is 5.73 Å². The summed E-state index contributed by atoms with van der Waals surface area (Å²) in [4.78, 5) is 20.9. The number of carbonyl (C=O) groups excluding carboxylic acids is 1. The number of carboxylic acid groups (broad SMARTS) is 1. The Hall–Kier alpha value is -2.08. The molecule has 0 spiro atoms. The SMILES string of the molecule is CCOC(=O)[C@H](C)Nc1ccccc1C(C)CC.NCC(=O)O. The molecule has 0 fully saturated rings. The number of rotatable bonds is 7. The lowest BCUT2D eigenvalue weighted by atomic mass is 9.96. The summed E-state index contributed by atoms with van der Waals surface area (Å²) in [6.07, 6.45) is 1.08. The van der Waals surface area contributed by atoms with Crippen molar-refractivity contribution in [2.45, 2.75) is 46.1 Å². The third kappa shape index (κ3) is 8.21. The first-order chi connectivity index (χ1) is 10.9. The van der Waals surface area contributed by atoms with Crippen molar-refractivity contribution in [1.29, 1.82) is 0 Å². The minimum Gasteiger partial charge on any atom is -0.480 e. The number of para-hydroxylation sites is 1. The number of hydrogen-bond acceptors (Lipinski definition) is 5. The molecule has 1 aromatic carbocycles. The zero-order valence-electron chi connectivity index (χ0n) is 14.3. The number of carboxylic acids is 1. The van der Waals surface area contributed by atoms with Crippen LogP contribution in [-0.2, 0) is 14.3 Å². The number of benzene rings is 1. The molecule has 6 heteroatoms. The van der Waals surface area contributed by atoms with E-state index in [4.69, 9.17) is 9.84 Å². The van der Waals surface area contributed by atoms with Crippen LogP contribution in [0.5, 0.6) is 0 Å². The third-order valence-corrected chi connectivity index (χ3v) is 3.29. The minimum atomic E-state index is -0.968. The van der Waals surface area contributed by atoms with E-state index in [2.05, 4.69) is 31.0 Å². The van der Waals surface area contributed by atoms with Crippen molar-refractivity contribution in [1.82, 2.24) is 0 Å². The van der Waals surface area contributed by atoms with Gasteiger partial charge in [-0.1, -0.05) is 32.0 Å². The summed E-state index contributed by atoms with van der Waals surface area (Å²) in [5.74, 6) is -0.704. The van der Waals surface area contributed by atoms with Gasteiger partial charge in [0.2, 0.25) is 0 Å². The van der Waals surface area contributed by atoms with Crippen LogP contribution in [0.15, 0.2) is 24.3 Å². The predicted molar refractivity (Wildman–Crippen MR) is 91.6 cm³/mol. The number of anilines is 1. The fourth-order valence-electron chi connectivity index (χ4n) is 1.84. The Labute approximate surface area is 138 Å². The van der Waals surface area contributed by atoms with E-state index in [1.807, 2.05) is 32.0 Å². The molecule has 23 heavy (non-hydrogen) atoms.